The Morgan fingerprint density at radius 2 is 2.33 bits per heavy atom. The molecule has 4 heteroatoms. The van der Waals surface area contributed by atoms with Crippen molar-refractivity contribution in [3.8, 4) is 0 Å². The average molecular weight is 225 g/mol. The smallest absolute Gasteiger partial charge is 0.0900 e. The van der Waals surface area contributed by atoms with Crippen molar-refractivity contribution < 1.29 is 0 Å². The Bertz CT molecular complexity index is 329. The largest absolute Gasteiger partial charge is 0.315 e. The minimum atomic E-state index is 0.432. The Balaban J connectivity index is 2.00. The van der Waals surface area contributed by atoms with Crippen LogP contribution in [0.2, 0.25) is 0 Å². The first-order chi connectivity index (χ1) is 7.16. The van der Waals surface area contributed by atoms with Crippen LogP contribution < -0.4 is 10.6 Å². The Morgan fingerprint density at radius 3 is 2.87 bits per heavy atom. The number of hydrogen-bond donors (Lipinski definition) is 2. The third kappa shape index (κ3) is 2.56. The van der Waals surface area contributed by atoms with E-state index in [0.717, 1.165) is 13.1 Å². The summed E-state index contributed by atoms with van der Waals surface area (Å²) in [6.45, 7) is 8.65. The first-order valence-electron chi connectivity index (χ1n) is 5.57. The lowest BCUT2D eigenvalue weighted by molar-refractivity contribution is 0.481. The third-order valence-corrected chi connectivity index (χ3v) is 4.13. The molecule has 3 nitrogen and oxygen atoms in total. The van der Waals surface area contributed by atoms with Crippen molar-refractivity contribution in [2.45, 2.75) is 39.3 Å². The van der Waals surface area contributed by atoms with Crippen molar-refractivity contribution in [3.63, 3.8) is 0 Å². The maximum atomic E-state index is 4.47. The number of hydrogen-bond acceptors (Lipinski definition) is 4. The molecule has 2 N–H and O–H groups in total. The lowest BCUT2D eigenvalue weighted by Crippen LogP contribution is -2.33. The summed E-state index contributed by atoms with van der Waals surface area (Å²) in [4.78, 5) is 5.86. The lowest BCUT2D eigenvalue weighted by Gasteiger charge is -2.17. The zero-order valence-corrected chi connectivity index (χ0v) is 10.4. The van der Waals surface area contributed by atoms with Crippen LogP contribution in [0.5, 0.6) is 0 Å². The van der Waals surface area contributed by atoms with Gasteiger partial charge in [-0.05, 0) is 33.7 Å². The second kappa shape index (κ2) is 4.60. The van der Waals surface area contributed by atoms with Crippen LogP contribution >= 0.6 is 11.3 Å². The molecule has 1 aromatic rings. The summed E-state index contributed by atoms with van der Waals surface area (Å²) in [5, 5.41) is 8.20. The van der Waals surface area contributed by atoms with Gasteiger partial charge in [0.05, 0.1) is 10.7 Å². The van der Waals surface area contributed by atoms with Crippen LogP contribution in [-0.2, 0) is 0 Å². The highest BCUT2D eigenvalue weighted by atomic mass is 32.1. The van der Waals surface area contributed by atoms with E-state index in [0.29, 0.717) is 12.1 Å². The molecule has 1 saturated heterocycles. The molecule has 1 aliphatic heterocycles. The predicted molar refractivity (Wildman–Crippen MR) is 64.4 cm³/mol. The molecule has 2 rings (SSSR count). The van der Waals surface area contributed by atoms with Crippen molar-refractivity contribution in [2.24, 2.45) is 0 Å². The fraction of sp³-hybridized carbons (Fsp3) is 0.727. The van der Waals surface area contributed by atoms with E-state index in [1.165, 1.54) is 22.0 Å². The Kier molecular flexibility index (Phi) is 3.38. The quantitative estimate of drug-likeness (QED) is 0.823. The van der Waals surface area contributed by atoms with Crippen molar-refractivity contribution >= 4 is 11.3 Å². The zero-order chi connectivity index (χ0) is 10.8. The fourth-order valence-electron chi connectivity index (χ4n) is 2.17. The highest BCUT2D eigenvalue weighted by Crippen LogP contribution is 2.25. The average Bonchev–Trinajstić information content (AvgIpc) is 2.75. The van der Waals surface area contributed by atoms with Crippen LogP contribution in [0.15, 0.2) is 0 Å². The summed E-state index contributed by atoms with van der Waals surface area (Å²) in [6, 6.07) is 1.06. The minimum absolute atomic E-state index is 0.432. The minimum Gasteiger partial charge on any atom is -0.315 e. The van der Waals surface area contributed by atoms with Crippen LogP contribution in [0, 0.1) is 13.8 Å². The van der Waals surface area contributed by atoms with Gasteiger partial charge in [-0.25, -0.2) is 4.98 Å². The molecule has 2 heterocycles. The van der Waals surface area contributed by atoms with E-state index in [2.05, 4.69) is 36.4 Å². The van der Waals surface area contributed by atoms with E-state index in [1.807, 2.05) is 11.3 Å². The van der Waals surface area contributed by atoms with Crippen LogP contribution in [0.1, 0.15) is 35.0 Å². The summed E-state index contributed by atoms with van der Waals surface area (Å²) in [5.41, 5.74) is 1.18. The first-order valence-corrected chi connectivity index (χ1v) is 6.39. The monoisotopic (exact) mass is 225 g/mol. The molecule has 2 unspecified atom stereocenters. The molecule has 15 heavy (non-hydrogen) atoms. The van der Waals surface area contributed by atoms with Gasteiger partial charge in [0.2, 0.25) is 0 Å². The summed E-state index contributed by atoms with van der Waals surface area (Å²) < 4.78 is 0. The van der Waals surface area contributed by atoms with Gasteiger partial charge in [-0.1, -0.05) is 0 Å². The molecule has 0 saturated carbocycles. The second-order valence-corrected chi connectivity index (χ2v) is 5.50. The van der Waals surface area contributed by atoms with Crippen LogP contribution in [-0.4, -0.2) is 24.1 Å². The van der Waals surface area contributed by atoms with Crippen LogP contribution in [0.25, 0.3) is 0 Å². The van der Waals surface area contributed by atoms with Gasteiger partial charge in [-0.3, -0.25) is 0 Å². The number of aromatic nitrogens is 1. The molecule has 84 valence electrons. The van der Waals surface area contributed by atoms with E-state index in [9.17, 15) is 0 Å². The van der Waals surface area contributed by atoms with Gasteiger partial charge < -0.3 is 10.6 Å². The summed E-state index contributed by atoms with van der Waals surface area (Å²) >= 11 is 1.81. The van der Waals surface area contributed by atoms with E-state index >= 15 is 0 Å². The molecular formula is C11H19N3S. The molecule has 1 aliphatic rings. The first kappa shape index (κ1) is 11.0. The van der Waals surface area contributed by atoms with Crippen molar-refractivity contribution in [1.82, 2.24) is 15.6 Å². The maximum Gasteiger partial charge on any atom is 0.0900 e. The highest BCUT2D eigenvalue weighted by molar-refractivity contribution is 7.11. The van der Waals surface area contributed by atoms with Gasteiger partial charge >= 0.3 is 0 Å². The van der Waals surface area contributed by atoms with Gasteiger partial charge in [0.25, 0.3) is 0 Å². The molecule has 1 aromatic heterocycles. The molecule has 0 amide bonds. The second-order valence-electron chi connectivity index (χ2n) is 4.26. The molecule has 2 atom stereocenters. The number of thiazole rings is 1. The predicted octanol–water partition coefficient (Wildman–Crippen LogP) is 1.77. The zero-order valence-electron chi connectivity index (χ0n) is 9.63. The van der Waals surface area contributed by atoms with Gasteiger partial charge in [0.15, 0.2) is 0 Å². The van der Waals surface area contributed by atoms with Gasteiger partial charge in [-0.2, -0.15) is 0 Å². The Morgan fingerprint density at radius 1 is 1.53 bits per heavy atom. The fourth-order valence-corrected chi connectivity index (χ4v) is 3.11. The maximum absolute atomic E-state index is 4.47. The standard InChI is InChI=1S/C11H19N3S/c1-7-11(15-9(3)13-7)8(2)14-10-4-5-12-6-10/h8,10,12,14H,4-6H2,1-3H3. The number of nitrogens with zero attached hydrogens (tertiary/aromatic N) is 1. The Hall–Kier alpha value is -0.450. The molecule has 0 spiro atoms. The highest BCUT2D eigenvalue weighted by Gasteiger charge is 2.19. The number of rotatable bonds is 3. The van der Waals surface area contributed by atoms with Crippen molar-refractivity contribution in [3.05, 3.63) is 15.6 Å². The topological polar surface area (TPSA) is 37.0 Å². The van der Waals surface area contributed by atoms with E-state index in [4.69, 9.17) is 0 Å². The molecule has 1 fully saturated rings. The van der Waals surface area contributed by atoms with Crippen molar-refractivity contribution in [1.29, 1.82) is 0 Å². The summed E-state index contributed by atoms with van der Waals surface area (Å²) in [7, 11) is 0. The number of nitrogens with one attached hydrogen (secondary N) is 2. The molecular weight excluding hydrogens is 206 g/mol. The Labute approximate surface area is 95.3 Å². The summed E-state index contributed by atoms with van der Waals surface area (Å²) in [5.74, 6) is 0. The third-order valence-electron chi connectivity index (χ3n) is 2.88. The van der Waals surface area contributed by atoms with E-state index in [-0.39, 0.29) is 0 Å². The molecule has 0 bridgehead atoms. The van der Waals surface area contributed by atoms with E-state index in [1.54, 1.807) is 0 Å². The van der Waals surface area contributed by atoms with Gasteiger partial charge in [0.1, 0.15) is 0 Å². The SMILES string of the molecule is Cc1nc(C)c(C(C)NC2CCNC2)s1. The van der Waals surface area contributed by atoms with Crippen LogP contribution in [0.3, 0.4) is 0 Å². The number of aryl methyl sites for hydroxylation is 2. The molecule has 0 aromatic carbocycles. The van der Waals surface area contributed by atoms with Gasteiger partial charge in [-0.15, -0.1) is 11.3 Å². The normalized spacial score (nSPS) is 23.3. The van der Waals surface area contributed by atoms with Gasteiger partial charge in [0, 0.05) is 23.5 Å². The molecule has 0 radical (unpaired) electrons. The van der Waals surface area contributed by atoms with Crippen molar-refractivity contribution in [2.75, 3.05) is 13.1 Å². The van der Waals surface area contributed by atoms with E-state index < -0.39 is 0 Å². The van der Waals surface area contributed by atoms with Crippen LogP contribution in [0.4, 0.5) is 0 Å². The summed E-state index contributed by atoms with van der Waals surface area (Å²) in [6.07, 6.45) is 1.24. The lowest BCUT2D eigenvalue weighted by atomic mass is 10.2. The molecule has 0 aliphatic carbocycles.